The molecule has 0 spiro atoms. The molecule has 1 aliphatic rings. The quantitative estimate of drug-likeness (QED) is 0.798. The summed E-state index contributed by atoms with van der Waals surface area (Å²) in [5, 5.41) is 14.3. The van der Waals surface area contributed by atoms with Gasteiger partial charge in [-0.1, -0.05) is 18.2 Å². The van der Waals surface area contributed by atoms with Gasteiger partial charge in [0.2, 0.25) is 0 Å². The van der Waals surface area contributed by atoms with E-state index in [1.807, 2.05) is 31.3 Å². The normalized spacial score (nSPS) is 22.9. The first-order valence-corrected chi connectivity index (χ1v) is 7.19. The van der Waals surface area contributed by atoms with Crippen molar-refractivity contribution in [2.24, 2.45) is 0 Å². The van der Waals surface area contributed by atoms with Gasteiger partial charge in [-0.3, -0.25) is 9.89 Å². The number of amides is 1. The summed E-state index contributed by atoms with van der Waals surface area (Å²) >= 11 is 0. The summed E-state index contributed by atoms with van der Waals surface area (Å²) in [5.74, 6) is -0.0737. The smallest absolute Gasteiger partial charge is 0.272 e. The molecule has 1 aromatic heterocycles. The molecule has 1 amide bonds. The fourth-order valence-corrected chi connectivity index (χ4v) is 2.92. The molecule has 2 aromatic rings. The third kappa shape index (κ3) is 2.54. The second-order valence-electron chi connectivity index (χ2n) is 5.43. The molecule has 106 valence electrons. The van der Waals surface area contributed by atoms with Gasteiger partial charge in [-0.15, -0.1) is 0 Å². The topological polar surface area (TPSA) is 69.8 Å². The molecule has 0 radical (unpaired) electrons. The van der Waals surface area contributed by atoms with Crippen molar-refractivity contribution in [3.05, 3.63) is 30.0 Å². The Bertz CT molecular complexity index is 599. The fourth-order valence-electron chi connectivity index (χ4n) is 2.92. The minimum atomic E-state index is -0.0737. The second-order valence-corrected chi connectivity index (χ2v) is 5.43. The zero-order valence-corrected chi connectivity index (χ0v) is 11.6. The summed E-state index contributed by atoms with van der Waals surface area (Å²) in [6, 6.07) is 8.56. The van der Waals surface area contributed by atoms with Crippen LogP contribution in [-0.2, 0) is 0 Å². The number of nitrogens with one attached hydrogen (secondary N) is 3. The highest BCUT2D eigenvalue weighted by atomic mass is 16.2. The van der Waals surface area contributed by atoms with E-state index in [1.54, 1.807) is 0 Å². The van der Waals surface area contributed by atoms with Gasteiger partial charge in [-0.25, -0.2) is 0 Å². The van der Waals surface area contributed by atoms with Crippen molar-refractivity contribution in [3.8, 4) is 0 Å². The number of benzene rings is 1. The Hall–Kier alpha value is -1.88. The van der Waals surface area contributed by atoms with E-state index in [0.29, 0.717) is 11.7 Å². The number of carbonyl (C=O) groups excluding carboxylic acids is 1. The van der Waals surface area contributed by atoms with Crippen molar-refractivity contribution in [2.75, 3.05) is 7.05 Å². The Morgan fingerprint density at radius 1 is 1.20 bits per heavy atom. The van der Waals surface area contributed by atoms with Crippen LogP contribution in [0.1, 0.15) is 36.2 Å². The van der Waals surface area contributed by atoms with E-state index in [0.717, 1.165) is 36.6 Å². The lowest BCUT2D eigenvalue weighted by Crippen LogP contribution is -2.41. The van der Waals surface area contributed by atoms with Crippen LogP contribution in [0.15, 0.2) is 24.3 Å². The SMILES string of the molecule is CNC1CCC(NC(=O)c2n[nH]c3ccccc23)CC1. The molecule has 0 unspecified atom stereocenters. The summed E-state index contributed by atoms with van der Waals surface area (Å²) in [7, 11) is 2.00. The number of hydrogen-bond acceptors (Lipinski definition) is 3. The van der Waals surface area contributed by atoms with Gasteiger partial charge >= 0.3 is 0 Å². The average molecular weight is 272 g/mol. The van der Waals surface area contributed by atoms with Gasteiger partial charge in [0.25, 0.3) is 5.91 Å². The Morgan fingerprint density at radius 2 is 1.90 bits per heavy atom. The minimum Gasteiger partial charge on any atom is -0.348 e. The van der Waals surface area contributed by atoms with Gasteiger partial charge in [0.05, 0.1) is 5.52 Å². The van der Waals surface area contributed by atoms with Crippen molar-refractivity contribution in [2.45, 2.75) is 37.8 Å². The third-order valence-electron chi connectivity index (χ3n) is 4.16. The maximum atomic E-state index is 12.3. The van der Waals surface area contributed by atoms with Crippen LogP contribution in [-0.4, -0.2) is 35.2 Å². The Morgan fingerprint density at radius 3 is 2.65 bits per heavy atom. The molecule has 3 rings (SSSR count). The average Bonchev–Trinajstić information content (AvgIpc) is 2.92. The first-order valence-electron chi connectivity index (χ1n) is 7.19. The van der Waals surface area contributed by atoms with Crippen molar-refractivity contribution in [1.82, 2.24) is 20.8 Å². The van der Waals surface area contributed by atoms with Crippen LogP contribution in [0.2, 0.25) is 0 Å². The van der Waals surface area contributed by atoms with Crippen LogP contribution >= 0.6 is 0 Å². The van der Waals surface area contributed by atoms with Crippen LogP contribution in [0.25, 0.3) is 10.9 Å². The van der Waals surface area contributed by atoms with Crippen LogP contribution in [0.4, 0.5) is 0 Å². The first kappa shape index (κ1) is 13.1. The zero-order chi connectivity index (χ0) is 13.9. The Balaban J connectivity index is 1.68. The van der Waals surface area contributed by atoms with Gasteiger partial charge in [0, 0.05) is 17.5 Å². The number of fused-ring (bicyclic) bond motifs is 1. The lowest BCUT2D eigenvalue weighted by molar-refractivity contribution is 0.0921. The predicted molar refractivity (Wildman–Crippen MR) is 78.7 cm³/mol. The number of hydrogen-bond donors (Lipinski definition) is 3. The van der Waals surface area contributed by atoms with Crippen LogP contribution in [0, 0.1) is 0 Å². The third-order valence-corrected chi connectivity index (χ3v) is 4.16. The number of aromatic nitrogens is 2. The predicted octanol–water partition coefficient (Wildman–Crippen LogP) is 1.82. The maximum absolute atomic E-state index is 12.3. The van der Waals surface area contributed by atoms with Gasteiger partial charge < -0.3 is 10.6 Å². The van der Waals surface area contributed by atoms with E-state index in [-0.39, 0.29) is 11.9 Å². The summed E-state index contributed by atoms with van der Waals surface area (Å²) in [4.78, 5) is 12.3. The molecule has 0 saturated heterocycles. The van der Waals surface area contributed by atoms with E-state index in [9.17, 15) is 4.79 Å². The molecule has 1 fully saturated rings. The number of para-hydroxylation sites is 1. The van der Waals surface area contributed by atoms with Crippen molar-refractivity contribution in [3.63, 3.8) is 0 Å². The highest BCUT2D eigenvalue weighted by Crippen LogP contribution is 2.20. The molecule has 1 saturated carbocycles. The first-order chi connectivity index (χ1) is 9.78. The molecule has 0 bridgehead atoms. The van der Waals surface area contributed by atoms with Gasteiger partial charge in [-0.05, 0) is 38.8 Å². The van der Waals surface area contributed by atoms with E-state index in [1.165, 1.54) is 0 Å². The van der Waals surface area contributed by atoms with Crippen LogP contribution < -0.4 is 10.6 Å². The van der Waals surface area contributed by atoms with Crippen LogP contribution in [0.5, 0.6) is 0 Å². The monoisotopic (exact) mass is 272 g/mol. The van der Waals surface area contributed by atoms with Crippen molar-refractivity contribution >= 4 is 16.8 Å². The van der Waals surface area contributed by atoms with E-state index < -0.39 is 0 Å². The lowest BCUT2D eigenvalue weighted by Gasteiger charge is -2.28. The van der Waals surface area contributed by atoms with Crippen molar-refractivity contribution in [1.29, 1.82) is 0 Å². The summed E-state index contributed by atoms with van der Waals surface area (Å²) < 4.78 is 0. The molecule has 1 heterocycles. The molecule has 0 atom stereocenters. The highest BCUT2D eigenvalue weighted by Gasteiger charge is 2.23. The molecular formula is C15H20N4O. The molecule has 1 aliphatic carbocycles. The largest absolute Gasteiger partial charge is 0.348 e. The number of rotatable bonds is 3. The number of aromatic amines is 1. The van der Waals surface area contributed by atoms with Gasteiger partial charge in [0.15, 0.2) is 5.69 Å². The van der Waals surface area contributed by atoms with E-state index in [2.05, 4.69) is 20.8 Å². The highest BCUT2D eigenvalue weighted by molar-refractivity contribution is 6.04. The molecule has 1 aromatic carbocycles. The lowest BCUT2D eigenvalue weighted by atomic mass is 9.91. The summed E-state index contributed by atoms with van der Waals surface area (Å²) in [5.41, 5.74) is 1.40. The molecule has 20 heavy (non-hydrogen) atoms. The second kappa shape index (κ2) is 5.63. The molecule has 5 nitrogen and oxygen atoms in total. The van der Waals surface area contributed by atoms with E-state index in [4.69, 9.17) is 0 Å². The van der Waals surface area contributed by atoms with Crippen LogP contribution in [0.3, 0.4) is 0 Å². The molecule has 5 heteroatoms. The fraction of sp³-hybridized carbons (Fsp3) is 0.467. The number of carbonyl (C=O) groups is 1. The number of nitrogens with zero attached hydrogens (tertiary/aromatic N) is 1. The minimum absolute atomic E-state index is 0.0737. The van der Waals surface area contributed by atoms with Crippen molar-refractivity contribution < 1.29 is 4.79 Å². The molecular weight excluding hydrogens is 252 g/mol. The van der Waals surface area contributed by atoms with Gasteiger partial charge in [0.1, 0.15) is 0 Å². The van der Waals surface area contributed by atoms with Gasteiger partial charge in [-0.2, -0.15) is 5.10 Å². The number of H-pyrrole nitrogens is 1. The van der Waals surface area contributed by atoms with E-state index >= 15 is 0 Å². The molecule has 0 aliphatic heterocycles. The maximum Gasteiger partial charge on any atom is 0.272 e. The summed E-state index contributed by atoms with van der Waals surface area (Å²) in [6.45, 7) is 0. The Labute approximate surface area is 118 Å². The molecule has 3 N–H and O–H groups in total. The standard InChI is InChI=1S/C15H20N4O/c1-16-10-6-8-11(9-7-10)17-15(20)14-12-4-2-3-5-13(12)18-19-14/h2-5,10-11,16H,6-9H2,1H3,(H,17,20)(H,18,19). The zero-order valence-electron chi connectivity index (χ0n) is 11.6. The summed E-state index contributed by atoms with van der Waals surface area (Å²) in [6.07, 6.45) is 4.28. The Kier molecular flexibility index (Phi) is 3.69.